The molecule has 3 aromatic rings. The third-order valence-electron chi connectivity index (χ3n) is 3.27. The van der Waals surface area contributed by atoms with Crippen molar-refractivity contribution in [3.8, 4) is 5.88 Å². The van der Waals surface area contributed by atoms with Crippen molar-refractivity contribution >= 4 is 10.8 Å². The smallest absolute Gasteiger partial charge is 0.233 e. The molecule has 0 aliphatic heterocycles. The molecule has 2 aromatic carbocycles. The molecule has 1 heterocycles. The largest absolute Gasteiger partial charge is 0.480 e. The summed E-state index contributed by atoms with van der Waals surface area (Å²) >= 11 is 0. The van der Waals surface area contributed by atoms with E-state index in [9.17, 15) is 5.11 Å². The lowest BCUT2D eigenvalue weighted by atomic mass is 9.99. The van der Waals surface area contributed by atoms with Gasteiger partial charge < -0.3 is 9.84 Å². The number of ether oxygens (including phenoxy) is 1. The van der Waals surface area contributed by atoms with E-state index in [1.165, 1.54) is 7.11 Å². The van der Waals surface area contributed by atoms with Gasteiger partial charge in [0.25, 0.3) is 0 Å². The van der Waals surface area contributed by atoms with Crippen LogP contribution in [0.15, 0.2) is 54.6 Å². The van der Waals surface area contributed by atoms with Crippen molar-refractivity contribution in [1.82, 2.24) is 10.2 Å². The van der Waals surface area contributed by atoms with Crippen LogP contribution < -0.4 is 4.74 Å². The highest BCUT2D eigenvalue weighted by molar-refractivity contribution is 5.86. The molecular weight excluding hydrogens is 252 g/mol. The van der Waals surface area contributed by atoms with Crippen molar-refractivity contribution in [3.63, 3.8) is 0 Å². The number of fused-ring (bicyclic) bond motifs is 1. The maximum absolute atomic E-state index is 10.5. The van der Waals surface area contributed by atoms with E-state index >= 15 is 0 Å². The van der Waals surface area contributed by atoms with E-state index in [-0.39, 0.29) is 0 Å². The van der Waals surface area contributed by atoms with E-state index < -0.39 is 6.10 Å². The number of methoxy groups -OCH3 is 1. The van der Waals surface area contributed by atoms with Crippen molar-refractivity contribution < 1.29 is 9.84 Å². The molecular formula is C16H14N2O2. The van der Waals surface area contributed by atoms with Crippen molar-refractivity contribution in [3.05, 3.63) is 65.9 Å². The van der Waals surface area contributed by atoms with Gasteiger partial charge in [0.1, 0.15) is 6.10 Å². The Morgan fingerprint density at radius 1 is 0.950 bits per heavy atom. The molecule has 0 amide bonds. The van der Waals surface area contributed by atoms with Gasteiger partial charge in [-0.2, -0.15) is 0 Å². The number of aromatic nitrogens is 2. The molecule has 1 atom stereocenters. The van der Waals surface area contributed by atoms with Gasteiger partial charge in [0.15, 0.2) is 0 Å². The van der Waals surface area contributed by atoms with Gasteiger partial charge in [-0.05, 0) is 22.4 Å². The Kier molecular flexibility index (Phi) is 3.31. The van der Waals surface area contributed by atoms with Crippen LogP contribution >= 0.6 is 0 Å². The Morgan fingerprint density at radius 2 is 1.75 bits per heavy atom. The third kappa shape index (κ3) is 2.21. The SMILES string of the molecule is COc1ccc(C(O)c2cccc3ccccc23)nn1. The van der Waals surface area contributed by atoms with E-state index in [0.717, 1.165) is 16.3 Å². The first-order valence-corrected chi connectivity index (χ1v) is 6.33. The van der Waals surface area contributed by atoms with Crippen molar-refractivity contribution in [2.75, 3.05) is 7.11 Å². The maximum Gasteiger partial charge on any atom is 0.233 e. The molecule has 1 aromatic heterocycles. The first-order chi connectivity index (χ1) is 9.79. The molecule has 0 bridgehead atoms. The van der Waals surface area contributed by atoms with E-state index in [4.69, 9.17) is 4.74 Å². The minimum atomic E-state index is -0.806. The van der Waals surface area contributed by atoms with Crippen LogP contribution in [0.5, 0.6) is 5.88 Å². The maximum atomic E-state index is 10.5. The molecule has 0 radical (unpaired) electrons. The molecule has 1 N–H and O–H groups in total. The van der Waals surface area contributed by atoms with Crippen molar-refractivity contribution in [2.45, 2.75) is 6.10 Å². The first-order valence-electron chi connectivity index (χ1n) is 6.33. The van der Waals surface area contributed by atoms with E-state index in [1.807, 2.05) is 42.5 Å². The number of hydrogen-bond donors (Lipinski definition) is 1. The van der Waals surface area contributed by atoms with E-state index in [0.29, 0.717) is 11.6 Å². The molecule has 4 nitrogen and oxygen atoms in total. The highest BCUT2D eigenvalue weighted by atomic mass is 16.5. The number of aliphatic hydroxyl groups is 1. The minimum absolute atomic E-state index is 0.430. The van der Waals surface area contributed by atoms with Crippen molar-refractivity contribution in [1.29, 1.82) is 0 Å². The minimum Gasteiger partial charge on any atom is -0.480 e. The molecule has 0 aliphatic rings. The lowest BCUT2D eigenvalue weighted by molar-refractivity contribution is 0.215. The van der Waals surface area contributed by atoms with Crippen LogP contribution in [0.4, 0.5) is 0 Å². The number of nitrogens with zero attached hydrogens (tertiary/aromatic N) is 2. The van der Waals surface area contributed by atoms with Crippen LogP contribution in [0.2, 0.25) is 0 Å². The summed E-state index contributed by atoms with van der Waals surface area (Å²) in [7, 11) is 1.53. The summed E-state index contributed by atoms with van der Waals surface area (Å²) in [6.45, 7) is 0. The van der Waals surface area contributed by atoms with E-state index in [1.54, 1.807) is 12.1 Å². The highest BCUT2D eigenvalue weighted by Gasteiger charge is 2.15. The molecule has 4 heteroatoms. The number of hydrogen-bond acceptors (Lipinski definition) is 4. The Labute approximate surface area is 116 Å². The second-order valence-corrected chi connectivity index (χ2v) is 4.47. The van der Waals surface area contributed by atoms with E-state index in [2.05, 4.69) is 10.2 Å². The van der Waals surface area contributed by atoms with Gasteiger partial charge in [0.2, 0.25) is 5.88 Å². The zero-order chi connectivity index (χ0) is 13.9. The van der Waals surface area contributed by atoms with Gasteiger partial charge in [0, 0.05) is 6.07 Å². The van der Waals surface area contributed by atoms with Crippen LogP contribution in [0.3, 0.4) is 0 Å². The van der Waals surface area contributed by atoms with Gasteiger partial charge >= 0.3 is 0 Å². The Bertz CT molecular complexity index is 721. The normalized spacial score (nSPS) is 12.3. The van der Waals surface area contributed by atoms with Crippen molar-refractivity contribution in [2.24, 2.45) is 0 Å². The van der Waals surface area contributed by atoms with Gasteiger partial charge in [-0.3, -0.25) is 0 Å². The van der Waals surface area contributed by atoms with Gasteiger partial charge in [-0.15, -0.1) is 10.2 Å². The number of rotatable bonds is 3. The molecule has 0 saturated heterocycles. The molecule has 1 unspecified atom stereocenters. The molecule has 0 fully saturated rings. The Hall–Kier alpha value is -2.46. The lowest BCUT2D eigenvalue weighted by Gasteiger charge is -2.13. The van der Waals surface area contributed by atoms with Crippen LogP contribution in [0, 0.1) is 0 Å². The quantitative estimate of drug-likeness (QED) is 0.792. The molecule has 20 heavy (non-hydrogen) atoms. The van der Waals surface area contributed by atoms with Crippen LogP contribution in [0.25, 0.3) is 10.8 Å². The summed E-state index contributed by atoms with van der Waals surface area (Å²) in [5.41, 5.74) is 1.32. The molecule has 0 saturated carbocycles. The number of aliphatic hydroxyl groups excluding tert-OH is 1. The topological polar surface area (TPSA) is 55.2 Å². The predicted molar refractivity (Wildman–Crippen MR) is 76.6 cm³/mol. The standard InChI is InChI=1S/C16H14N2O2/c1-20-15-10-9-14(17-18-15)16(19)13-8-4-6-11-5-2-3-7-12(11)13/h2-10,16,19H,1H3. The number of benzene rings is 2. The fourth-order valence-corrected chi connectivity index (χ4v) is 2.23. The Balaban J connectivity index is 2.05. The summed E-state index contributed by atoms with van der Waals surface area (Å²) in [5, 5.41) is 20.5. The summed E-state index contributed by atoms with van der Waals surface area (Å²) < 4.78 is 4.97. The molecule has 100 valence electrons. The first kappa shape index (κ1) is 12.6. The van der Waals surface area contributed by atoms with Gasteiger partial charge in [-0.1, -0.05) is 42.5 Å². The summed E-state index contributed by atoms with van der Waals surface area (Å²) in [6.07, 6.45) is -0.806. The second kappa shape index (κ2) is 5.27. The summed E-state index contributed by atoms with van der Waals surface area (Å²) in [5.74, 6) is 0.430. The fourth-order valence-electron chi connectivity index (χ4n) is 2.23. The summed E-state index contributed by atoms with van der Waals surface area (Å²) in [4.78, 5) is 0. The molecule has 0 aliphatic carbocycles. The average Bonchev–Trinajstić information content (AvgIpc) is 2.54. The van der Waals surface area contributed by atoms with Crippen LogP contribution in [-0.4, -0.2) is 22.4 Å². The van der Waals surface area contributed by atoms with Crippen LogP contribution in [0.1, 0.15) is 17.4 Å². The van der Waals surface area contributed by atoms with Gasteiger partial charge in [-0.25, -0.2) is 0 Å². The molecule has 3 rings (SSSR count). The monoisotopic (exact) mass is 266 g/mol. The average molecular weight is 266 g/mol. The van der Waals surface area contributed by atoms with Gasteiger partial charge in [0.05, 0.1) is 12.8 Å². The third-order valence-corrected chi connectivity index (χ3v) is 3.27. The Morgan fingerprint density at radius 3 is 2.50 bits per heavy atom. The zero-order valence-corrected chi connectivity index (χ0v) is 11.0. The highest BCUT2D eigenvalue weighted by Crippen LogP contribution is 2.27. The van der Waals surface area contributed by atoms with Crippen LogP contribution in [-0.2, 0) is 0 Å². The summed E-state index contributed by atoms with van der Waals surface area (Å²) in [6, 6.07) is 17.2. The zero-order valence-electron chi connectivity index (χ0n) is 11.0. The fraction of sp³-hybridized carbons (Fsp3) is 0.125. The second-order valence-electron chi connectivity index (χ2n) is 4.47. The molecule has 0 spiro atoms. The lowest BCUT2D eigenvalue weighted by Crippen LogP contribution is -2.04. The predicted octanol–water partition coefficient (Wildman–Crippen LogP) is 2.72.